The number of ether oxygens (including phenoxy) is 2. The minimum absolute atomic E-state index is 0.142. The molecule has 0 spiro atoms. The molecule has 1 aromatic carbocycles. The molecule has 0 aliphatic carbocycles. The van der Waals surface area contributed by atoms with Crippen LogP contribution >= 0.6 is 0 Å². The molecule has 2 atom stereocenters. The van der Waals surface area contributed by atoms with Gasteiger partial charge in [0, 0.05) is 25.1 Å². The normalized spacial score (nSPS) is 20.0. The highest BCUT2D eigenvalue weighted by Gasteiger charge is 2.36. The lowest BCUT2D eigenvalue weighted by molar-refractivity contribution is -0.123. The summed E-state index contributed by atoms with van der Waals surface area (Å²) >= 11 is 0. The molecule has 3 heterocycles. The Labute approximate surface area is 191 Å². The Bertz CT molecular complexity index is 1110. The van der Waals surface area contributed by atoms with Gasteiger partial charge in [0.1, 0.15) is 17.3 Å². The van der Waals surface area contributed by atoms with E-state index in [1.54, 1.807) is 18.2 Å². The number of nitrogens with one attached hydrogen (secondary N) is 3. The van der Waals surface area contributed by atoms with E-state index in [0.29, 0.717) is 23.1 Å². The number of hydrogen-bond donors (Lipinski definition) is 3. The maximum Gasteiger partial charge on any atom is 0.258 e. The van der Waals surface area contributed by atoms with E-state index in [-0.39, 0.29) is 29.8 Å². The van der Waals surface area contributed by atoms with E-state index in [2.05, 4.69) is 32.4 Å². The lowest BCUT2D eigenvalue weighted by Gasteiger charge is -2.36. The van der Waals surface area contributed by atoms with Crippen LogP contribution < -0.4 is 30.6 Å². The third-order valence-corrected chi connectivity index (χ3v) is 6.29. The van der Waals surface area contributed by atoms with Gasteiger partial charge in [0.2, 0.25) is 17.8 Å². The zero-order chi connectivity index (χ0) is 23.5. The topological polar surface area (TPSA) is 126 Å². The molecule has 2 aromatic rings. The molecular formula is C23H29N5O5. The average Bonchev–Trinajstić information content (AvgIpc) is 2.82. The molecule has 1 saturated heterocycles. The Morgan fingerprint density at radius 1 is 1.24 bits per heavy atom. The van der Waals surface area contributed by atoms with Crippen LogP contribution in [0.4, 0.5) is 17.5 Å². The predicted molar refractivity (Wildman–Crippen MR) is 124 cm³/mol. The lowest BCUT2D eigenvalue weighted by atomic mass is 9.92. The first-order chi connectivity index (χ1) is 15.9. The molecule has 0 bridgehead atoms. The van der Waals surface area contributed by atoms with Crippen LogP contribution in [-0.4, -0.2) is 48.6 Å². The van der Waals surface area contributed by atoms with Crippen LogP contribution in [-0.2, 0) is 9.59 Å². The molecule has 2 aliphatic heterocycles. The highest BCUT2D eigenvalue weighted by molar-refractivity contribution is 6.05. The van der Waals surface area contributed by atoms with Crippen LogP contribution in [0.15, 0.2) is 23.0 Å². The van der Waals surface area contributed by atoms with Gasteiger partial charge in [0.15, 0.2) is 0 Å². The van der Waals surface area contributed by atoms with Gasteiger partial charge in [-0.3, -0.25) is 19.4 Å². The minimum Gasteiger partial charge on any atom is -0.497 e. The van der Waals surface area contributed by atoms with Gasteiger partial charge in [0.25, 0.3) is 5.56 Å². The maximum absolute atomic E-state index is 13.2. The summed E-state index contributed by atoms with van der Waals surface area (Å²) in [6, 6.07) is 5.27. The van der Waals surface area contributed by atoms with Crippen molar-refractivity contribution in [2.75, 3.05) is 36.3 Å². The molecule has 0 unspecified atom stereocenters. The molecule has 10 heteroatoms. The summed E-state index contributed by atoms with van der Waals surface area (Å²) in [4.78, 5) is 48.3. The van der Waals surface area contributed by atoms with Crippen molar-refractivity contribution >= 4 is 29.3 Å². The largest absolute Gasteiger partial charge is 0.497 e. The quantitative estimate of drug-likeness (QED) is 0.611. The number of fused-ring (bicyclic) bond motifs is 1. The second kappa shape index (κ2) is 9.51. The van der Waals surface area contributed by atoms with E-state index in [0.717, 1.165) is 32.2 Å². The summed E-state index contributed by atoms with van der Waals surface area (Å²) in [5, 5.41) is 5.45. The molecule has 3 N–H and O–H groups in total. The predicted octanol–water partition coefficient (Wildman–Crippen LogP) is 2.62. The number of methoxy groups -OCH3 is 2. The molecule has 4 rings (SSSR count). The third-order valence-electron chi connectivity index (χ3n) is 6.29. The Hall–Kier alpha value is -3.56. The number of nitrogens with zero attached hydrogens (tertiary/aromatic N) is 2. The number of amides is 2. The first kappa shape index (κ1) is 22.6. The molecule has 0 saturated carbocycles. The first-order valence-electron chi connectivity index (χ1n) is 11.2. The maximum atomic E-state index is 13.2. The van der Waals surface area contributed by atoms with Crippen molar-refractivity contribution in [3.8, 4) is 11.5 Å². The fraction of sp³-hybridized carbons (Fsp3) is 0.478. The van der Waals surface area contributed by atoms with Crippen LogP contribution in [0.25, 0.3) is 0 Å². The molecule has 176 valence electrons. The van der Waals surface area contributed by atoms with Crippen molar-refractivity contribution in [2.45, 2.75) is 51.0 Å². The van der Waals surface area contributed by atoms with Crippen LogP contribution in [0.5, 0.6) is 11.5 Å². The number of aromatic nitrogens is 2. The monoisotopic (exact) mass is 455 g/mol. The van der Waals surface area contributed by atoms with Crippen LogP contribution in [0.2, 0.25) is 0 Å². The van der Waals surface area contributed by atoms with E-state index in [1.807, 2.05) is 0 Å². The highest BCUT2D eigenvalue weighted by Crippen LogP contribution is 2.34. The van der Waals surface area contributed by atoms with Crippen LogP contribution in [0.1, 0.15) is 50.5 Å². The standard InChI is InChI=1S/C23H29N5O5/c1-4-13-7-5-6-10-28(13)23-26-20-19(22(31)27-23)15(12-18(29)25-20)21(30)24-16-11-14(32-2)8-9-17(16)33-3/h8-9,11,13,15H,4-7,10,12H2,1-3H3,(H,24,30)(H2,25,26,27,29,31)/t13-,15+/m0/s1. The number of benzene rings is 1. The van der Waals surface area contributed by atoms with Gasteiger partial charge in [-0.15, -0.1) is 0 Å². The smallest absolute Gasteiger partial charge is 0.258 e. The van der Waals surface area contributed by atoms with Crippen molar-refractivity contribution in [3.05, 3.63) is 34.1 Å². The number of carbonyl (C=O) groups is 2. The highest BCUT2D eigenvalue weighted by atomic mass is 16.5. The van der Waals surface area contributed by atoms with Crippen molar-refractivity contribution in [2.24, 2.45) is 0 Å². The van der Waals surface area contributed by atoms with E-state index < -0.39 is 17.4 Å². The Morgan fingerprint density at radius 2 is 2.06 bits per heavy atom. The first-order valence-corrected chi connectivity index (χ1v) is 11.2. The second-order valence-electron chi connectivity index (χ2n) is 8.26. The molecule has 33 heavy (non-hydrogen) atoms. The number of rotatable bonds is 6. The number of aromatic amines is 1. The summed E-state index contributed by atoms with van der Waals surface area (Å²) in [6.07, 6.45) is 3.95. The summed E-state index contributed by atoms with van der Waals surface area (Å²) in [6.45, 7) is 2.89. The summed E-state index contributed by atoms with van der Waals surface area (Å²) in [5.74, 6) is -0.313. The molecule has 1 aromatic heterocycles. The number of anilines is 3. The van der Waals surface area contributed by atoms with Gasteiger partial charge >= 0.3 is 0 Å². The van der Waals surface area contributed by atoms with E-state index in [9.17, 15) is 14.4 Å². The summed E-state index contributed by atoms with van der Waals surface area (Å²) in [5.41, 5.74) is 0.116. The Balaban J connectivity index is 1.67. The fourth-order valence-electron chi connectivity index (χ4n) is 4.55. The molecule has 2 aliphatic rings. The molecule has 0 radical (unpaired) electrons. The number of carbonyl (C=O) groups excluding carboxylic acids is 2. The number of H-pyrrole nitrogens is 1. The van der Waals surface area contributed by atoms with Gasteiger partial charge in [-0.25, -0.2) is 0 Å². The van der Waals surface area contributed by atoms with Crippen molar-refractivity contribution in [3.63, 3.8) is 0 Å². The van der Waals surface area contributed by atoms with Crippen molar-refractivity contribution in [1.29, 1.82) is 0 Å². The lowest BCUT2D eigenvalue weighted by Crippen LogP contribution is -2.43. The average molecular weight is 456 g/mol. The summed E-state index contributed by atoms with van der Waals surface area (Å²) < 4.78 is 10.5. The minimum atomic E-state index is -0.988. The SMILES string of the molecule is CC[C@H]1CCCCN1c1nc2c(c(=O)[nH]1)[C@H](C(=O)Nc1cc(OC)ccc1OC)CC(=O)N2. The van der Waals surface area contributed by atoms with Crippen molar-refractivity contribution in [1.82, 2.24) is 9.97 Å². The summed E-state index contributed by atoms with van der Waals surface area (Å²) in [7, 11) is 3.00. The van der Waals surface area contributed by atoms with Crippen LogP contribution in [0.3, 0.4) is 0 Å². The zero-order valence-electron chi connectivity index (χ0n) is 19.1. The van der Waals surface area contributed by atoms with Gasteiger partial charge in [-0.2, -0.15) is 4.98 Å². The van der Waals surface area contributed by atoms with E-state index in [1.165, 1.54) is 14.2 Å². The van der Waals surface area contributed by atoms with E-state index >= 15 is 0 Å². The van der Waals surface area contributed by atoms with Gasteiger partial charge in [-0.1, -0.05) is 6.92 Å². The number of hydrogen-bond acceptors (Lipinski definition) is 7. The zero-order valence-corrected chi connectivity index (χ0v) is 19.1. The third kappa shape index (κ3) is 4.50. The molecule has 2 amide bonds. The second-order valence-corrected chi connectivity index (χ2v) is 8.26. The Kier molecular flexibility index (Phi) is 6.52. The fourth-order valence-corrected chi connectivity index (χ4v) is 4.55. The van der Waals surface area contributed by atoms with Gasteiger partial charge in [0.05, 0.1) is 31.4 Å². The van der Waals surface area contributed by atoms with Crippen LogP contribution in [0, 0.1) is 0 Å². The Morgan fingerprint density at radius 3 is 2.79 bits per heavy atom. The van der Waals surface area contributed by atoms with Crippen molar-refractivity contribution < 1.29 is 19.1 Å². The van der Waals surface area contributed by atoms with E-state index in [4.69, 9.17) is 9.47 Å². The molecular weight excluding hydrogens is 426 g/mol. The van der Waals surface area contributed by atoms with Gasteiger partial charge in [-0.05, 0) is 37.8 Å². The number of piperidine rings is 1. The van der Waals surface area contributed by atoms with Gasteiger partial charge < -0.3 is 25.0 Å². The molecule has 1 fully saturated rings. The molecule has 10 nitrogen and oxygen atoms in total.